The maximum Gasteiger partial charge on any atom is 0.191 e. The molecule has 0 amide bonds. The van der Waals surface area contributed by atoms with Gasteiger partial charge < -0.3 is 15.2 Å². The Labute approximate surface area is 126 Å². The van der Waals surface area contributed by atoms with E-state index < -0.39 is 0 Å². The quantitative estimate of drug-likeness (QED) is 0.462. The van der Waals surface area contributed by atoms with Crippen molar-refractivity contribution < 1.29 is 0 Å². The van der Waals surface area contributed by atoms with Crippen LogP contribution in [-0.4, -0.2) is 30.2 Å². The van der Waals surface area contributed by atoms with Gasteiger partial charge in [0.2, 0.25) is 0 Å². The van der Waals surface area contributed by atoms with Crippen LogP contribution in [-0.2, 0) is 6.54 Å². The van der Waals surface area contributed by atoms with Crippen LogP contribution >= 0.6 is 24.0 Å². The molecule has 2 rings (SSSR count). The van der Waals surface area contributed by atoms with Gasteiger partial charge in [0, 0.05) is 38.6 Å². The molecule has 0 aromatic carbocycles. The Hall–Kier alpha value is -0.720. The van der Waals surface area contributed by atoms with Crippen molar-refractivity contribution in [1.29, 1.82) is 0 Å². The molecule has 0 radical (unpaired) electrons. The Morgan fingerprint density at radius 2 is 2.00 bits per heavy atom. The lowest BCUT2D eigenvalue weighted by atomic mass is 10.4. The Morgan fingerprint density at radius 3 is 2.61 bits per heavy atom. The molecule has 0 aliphatic heterocycles. The fourth-order valence-corrected chi connectivity index (χ4v) is 1.69. The van der Waals surface area contributed by atoms with Crippen LogP contribution in [0.3, 0.4) is 0 Å². The normalized spacial score (nSPS) is 15.1. The number of nitrogens with zero attached hydrogens (tertiary/aromatic N) is 2. The van der Waals surface area contributed by atoms with Crippen LogP contribution in [0.1, 0.15) is 19.8 Å². The Kier molecular flexibility index (Phi) is 7.15. The van der Waals surface area contributed by atoms with Crippen molar-refractivity contribution >= 4 is 29.9 Å². The first-order valence-corrected chi connectivity index (χ1v) is 6.51. The number of nitrogens with one attached hydrogen (secondary N) is 2. The van der Waals surface area contributed by atoms with Crippen LogP contribution in [0.2, 0.25) is 0 Å². The van der Waals surface area contributed by atoms with Gasteiger partial charge in [0.25, 0.3) is 0 Å². The standard InChI is InChI=1S/C13H22N4.HI/c1-2-14-13(16-11-12-5-6-12)15-7-10-17-8-3-4-9-17;/h3-4,8-9,12H,2,5-7,10-11H2,1H3,(H2,14,15,16);1H. The number of guanidine groups is 1. The molecule has 1 heterocycles. The van der Waals surface area contributed by atoms with E-state index in [1.165, 1.54) is 12.8 Å². The van der Waals surface area contributed by atoms with Gasteiger partial charge in [0.05, 0.1) is 0 Å². The van der Waals surface area contributed by atoms with Gasteiger partial charge in [-0.05, 0) is 37.8 Å². The molecule has 0 saturated heterocycles. The van der Waals surface area contributed by atoms with Gasteiger partial charge in [0.1, 0.15) is 0 Å². The fourth-order valence-electron chi connectivity index (χ4n) is 1.69. The lowest BCUT2D eigenvalue weighted by Crippen LogP contribution is -2.39. The van der Waals surface area contributed by atoms with Gasteiger partial charge in [-0.3, -0.25) is 4.99 Å². The molecule has 0 atom stereocenters. The fraction of sp³-hybridized carbons (Fsp3) is 0.615. The number of aromatic nitrogens is 1. The Bertz CT molecular complexity index is 344. The summed E-state index contributed by atoms with van der Waals surface area (Å²) in [6.45, 7) is 5.87. The topological polar surface area (TPSA) is 41.4 Å². The van der Waals surface area contributed by atoms with Crippen LogP contribution in [0.15, 0.2) is 29.5 Å². The molecular formula is C13H23IN4. The van der Waals surface area contributed by atoms with E-state index in [4.69, 9.17) is 0 Å². The van der Waals surface area contributed by atoms with Gasteiger partial charge in [0.15, 0.2) is 5.96 Å². The highest BCUT2D eigenvalue weighted by molar-refractivity contribution is 14.0. The van der Waals surface area contributed by atoms with Crippen LogP contribution in [0, 0.1) is 5.92 Å². The highest BCUT2D eigenvalue weighted by Gasteiger charge is 2.20. The van der Waals surface area contributed by atoms with E-state index in [1.807, 2.05) is 12.1 Å². The van der Waals surface area contributed by atoms with E-state index in [9.17, 15) is 0 Å². The smallest absolute Gasteiger partial charge is 0.191 e. The second kappa shape index (κ2) is 8.39. The molecule has 1 saturated carbocycles. The molecule has 2 N–H and O–H groups in total. The monoisotopic (exact) mass is 362 g/mol. The zero-order valence-electron chi connectivity index (χ0n) is 10.9. The average molecular weight is 362 g/mol. The molecule has 1 aliphatic rings. The molecule has 0 bridgehead atoms. The number of hydrogen-bond acceptors (Lipinski definition) is 1. The molecule has 1 fully saturated rings. The predicted molar refractivity (Wildman–Crippen MR) is 86.6 cm³/mol. The van der Waals surface area contributed by atoms with Gasteiger partial charge in [-0.25, -0.2) is 0 Å². The summed E-state index contributed by atoms with van der Waals surface area (Å²) in [6.07, 6.45) is 6.87. The lowest BCUT2D eigenvalue weighted by Gasteiger charge is -2.11. The predicted octanol–water partition coefficient (Wildman–Crippen LogP) is 2.07. The molecule has 0 unspecified atom stereocenters. The van der Waals surface area contributed by atoms with Crippen LogP contribution in [0.25, 0.3) is 0 Å². The van der Waals surface area contributed by atoms with Crippen molar-refractivity contribution in [3.63, 3.8) is 0 Å². The molecular weight excluding hydrogens is 339 g/mol. The van der Waals surface area contributed by atoms with Crippen molar-refractivity contribution in [1.82, 2.24) is 15.2 Å². The summed E-state index contributed by atoms with van der Waals surface area (Å²) in [5.41, 5.74) is 0. The van der Waals surface area contributed by atoms with E-state index in [1.54, 1.807) is 0 Å². The first kappa shape index (κ1) is 15.3. The highest BCUT2D eigenvalue weighted by atomic mass is 127. The molecule has 5 heteroatoms. The average Bonchev–Trinajstić information content (AvgIpc) is 3.02. The largest absolute Gasteiger partial charge is 0.357 e. The summed E-state index contributed by atoms with van der Waals surface area (Å²) in [6, 6.07) is 4.10. The van der Waals surface area contributed by atoms with Crippen LogP contribution in [0.4, 0.5) is 0 Å². The van der Waals surface area contributed by atoms with Gasteiger partial charge in [-0.15, -0.1) is 24.0 Å². The molecule has 1 aromatic rings. The van der Waals surface area contributed by atoms with Crippen molar-refractivity contribution in [2.45, 2.75) is 26.3 Å². The van der Waals surface area contributed by atoms with E-state index in [2.05, 4.69) is 39.5 Å². The Morgan fingerprint density at radius 1 is 1.28 bits per heavy atom. The van der Waals surface area contributed by atoms with E-state index in [0.717, 1.165) is 38.1 Å². The van der Waals surface area contributed by atoms with Gasteiger partial charge in [-0.2, -0.15) is 0 Å². The molecule has 4 nitrogen and oxygen atoms in total. The zero-order valence-corrected chi connectivity index (χ0v) is 13.3. The highest BCUT2D eigenvalue weighted by Crippen LogP contribution is 2.28. The molecule has 1 aliphatic carbocycles. The number of aliphatic imine (C=N–C) groups is 1. The second-order valence-corrected chi connectivity index (χ2v) is 4.51. The van der Waals surface area contributed by atoms with Crippen molar-refractivity contribution in [2.24, 2.45) is 10.9 Å². The molecule has 1 aromatic heterocycles. The third-order valence-electron chi connectivity index (χ3n) is 2.88. The first-order chi connectivity index (χ1) is 8.38. The third-order valence-corrected chi connectivity index (χ3v) is 2.88. The molecule has 18 heavy (non-hydrogen) atoms. The number of rotatable bonds is 6. The van der Waals surface area contributed by atoms with Crippen LogP contribution in [0.5, 0.6) is 0 Å². The number of hydrogen-bond donors (Lipinski definition) is 2. The second-order valence-electron chi connectivity index (χ2n) is 4.51. The third kappa shape index (κ3) is 5.75. The summed E-state index contributed by atoms with van der Waals surface area (Å²) in [4.78, 5) is 4.58. The minimum absolute atomic E-state index is 0. The summed E-state index contributed by atoms with van der Waals surface area (Å²) in [5, 5.41) is 6.64. The molecule has 0 spiro atoms. The minimum Gasteiger partial charge on any atom is -0.357 e. The summed E-state index contributed by atoms with van der Waals surface area (Å²) >= 11 is 0. The lowest BCUT2D eigenvalue weighted by molar-refractivity contribution is 0.664. The maximum atomic E-state index is 4.58. The van der Waals surface area contributed by atoms with Gasteiger partial charge >= 0.3 is 0 Å². The van der Waals surface area contributed by atoms with Crippen LogP contribution < -0.4 is 10.6 Å². The van der Waals surface area contributed by atoms with Crippen molar-refractivity contribution in [3.8, 4) is 0 Å². The SMILES string of the molecule is CCNC(=NCC1CC1)NCCn1cccc1.I. The van der Waals surface area contributed by atoms with E-state index in [-0.39, 0.29) is 24.0 Å². The summed E-state index contributed by atoms with van der Waals surface area (Å²) < 4.78 is 2.16. The van der Waals surface area contributed by atoms with E-state index >= 15 is 0 Å². The number of halogens is 1. The Balaban J connectivity index is 0.00000162. The van der Waals surface area contributed by atoms with Gasteiger partial charge in [-0.1, -0.05) is 0 Å². The summed E-state index contributed by atoms with van der Waals surface area (Å²) in [5.74, 6) is 1.79. The maximum absolute atomic E-state index is 4.58. The van der Waals surface area contributed by atoms with Crippen molar-refractivity contribution in [3.05, 3.63) is 24.5 Å². The van der Waals surface area contributed by atoms with E-state index in [0.29, 0.717) is 0 Å². The van der Waals surface area contributed by atoms with Crippen molar-refractivity contribution in [2.75, 3.05) is 19.6 Å². The minimum atomic E-state index is 0. The zero-order chi connectivity index (χ0) is 11.9. The first-order valence-electron chi connectivity index (χ1n) is 6.51. The molecule has 102 valence electrons. The summed E-state index contributed by atoms with van der Waals surface area (Å²) in [7, 11) is 0.